The molecular formula is C13H16BrNO2. The summed E-state index contributed by atoms with van der Waals surface area (Å²) >= 11 is 3.35. The van der Waals surface area contributed by atoms with Gasteiger partial charge in [0.2, 0.25) is 5.91 Å². The second kappa shape index (κ2) is 5.54. The summed E-state index contributed by atoms with van der Waals surface area (Å²) in [5, 5.41) is 3.73. The smallest absolute Gasteiger partial charge is 0.227 e. The monoisotopic (exact) mass is 297 g/mol. The summed E-state index contributed by atoms with van der Waals surface area (Å²) in [7, 11) is 0. The molecule has 2 rings (SSSR count). The van der Waals surface area contributed by atoms with Gasteiger partial charge in [0, 0.05) is 11.4 Å². The van der Waals surface area contributed by atoms with Gasteiger partial charge in [0.15, 0.2) is 0 Å². The van der Waals surface area contributed by atoms with Crippen molar-refractivity contribution in [1.29, 1.82) is 0 Å². The minimum Gasteiger partial charge on any atom is -0.492 e. The zero-order chi connectivity index (χ0) is 12.3. The third-order valence-corrected chi connectivity index (χ3v) is 3.84. The van der Waals surface area contributed by atoms with Crippen LogP contribution in [0.15, 0.2) is 24.3 Å². The Morgan fingerprint density at radius 1 is 1.59 bits per heavy atom. The number of carbonyl (C=O) groups excluding carboxylic acids is 1. The van der Waals surface area contributed by atoms with Crippen LogP contribution in [0.25, 0.3) is 0 Å². The Bertz CT molecular complexity index is 408. The molecule has 0 fully saturated rings. The molecule has 0 aromatic heterocycles. The SMILES string of the molecule is CC(CBr)NC(=O)C1COc2ccccc2C1. The fraction of sp³-hybridized carbons (Fsp3) is 0.462. The number of alkyl halides is 1. The van der Waals surface area contributed by atoms with Crippen molar-refractivity contribution < 1.29 is 9.53 Å². The first-order valence-corrected chi connectivity index (χ1v) is 6.90. The van der Waals surface area contributed by atoms with Crippen LogP contribution in [-0.2, 0) is 11.2 Å². The number of hydrogen-bond acceptors (Lipinski definition) is 2. The van der Waals surface area contributed by atoms with E-state index in [1.807, 2.05) is 31.2 Å². The highest BCUT2D eigenvalue weighted by molar-refractivity contribution is 9.09. The minimum atomic E-state index is -0.0774. The maximum absolute atomic E-state index is 12.0. The van der Waals surface area contributed by atoms with E-state index in [9.17, 15) is 4.79 Å². The first-order chi connectivity index (χ1) is 8.20. The van der Waals surface area contributed by atoms with E-state index in [-0.39, 0.29) is 17.9 Å². The normalized spacial score (nSPS) is 20.0. The Balaban J connectivity index is 2.00. The first-order valence-electron chi connectivity index (χ1n) is 5.77. The molecule has 1 aliphatic rings. The molecule has 1 aromatic carbocycles. The predicted octanol–water partition coefficient (Wildman–Crippen LogP) is 2.14. The largest absolute Gasteiger partial charge is 0.492 e. The van der Waals surface area contributed by atoms with Gasteiger partial charge in [0.25, 0.3) is 0 Å². The Kier molecular flexibility index (Phi) is 4.05. The van der Waals surface area contributed by atoms with Gasteiger partial charge in [-0.15, -0.1) is 0 Å². The van der Waals surface area contributed by atoms with Gasteiger partial charge in [-0.3, -0.25) is 4.79 Å². The van der Waals surface area contributed by atoms with E-state index in [4.69, 9.17) is 4.74 Å². The number of fused-ring (bicyclic) bond motifs is 1. The second-order valence-electron chi connectivity index (χ2n) is 4.38. The van der Waals surface area contributed by atoms with Crippen LogP contribution in [0.2, 0.25) is 0 Å². The number of carbonyl (C=O) groups is 1. The number of nitrogens with one attached hydrogen (secondary N) is 1. The molecule has 1 aromatic rings. The van der Waals surface area contributed by atoms with Gasteiger partial charge in [-0.25, -0.2) is 0 Å². The summed E-state index contributed by atoms with van der Waals surface area (Å²) < 4.78 is 5.60. The number of hydrogen-bond donors (Lipinski definition) is 1. The third-order valence-electron chi connectivity index (χ3n) is 2.87. The predicted molar refractivity (Wildman–Crippen MR) is 70.5 cm³/mol. The highest BCUT2D eigenvalue weighted by atomic mass is 79.9. The molecule has 2 unspecified atom stereocenters. The van der Waals surface area contributed by atoms with Crippen molar-refractivity contribution in [2.24, 2.45) is 5.92 Å². The van der Waals surface area contributed by atoms with Crippen LogP contribution in [0.3, 0.4) is 0 Å². The van der Waals surface area contributed by atoms with E-state index >= 15 is 0 Å². The zero-order valence-electron chi connectivity index (χ0n) is 9.78. The second-order valence-corrected chi connectivity index (χ2v) is 5.03. The minimum absolute atomic E-state index is 0.0754. The highest BCUT2D eigenvalue weighted by Crippen LogP contribution is 2.26. The lowest BCUT2D eigenvalue weighted by Crippen LogP contribution is -2.42. The molecule has 17 heavy (non-hydrogen) atoms. The molecule has 0 saturated heterocycles. The Labute approximate surface area is 110 Å². The fourth-order valence-corrected chi connectivity index (χ4v) is 2.06. The number of ether oxygens (including phenoxy) is 1. The van der Waals surface area contributed by atoms with Crippen LogP contribution in [0.1, 0.15) is 12.5 Å². The van der Waals surface area contributed by atoms with E-state index in [1.165, 1.54) is 0 Å². The lowest BCUT2D eigenvalue weighted by Gasteiger charge is -2.25. The topological polar surface area (TPSA) is 38.3 Å². The van der Waals surface area contributed by atoms with Crippen LogP contribution >= 0.6 is 15.9 Å². The molecule has 0 spiro atoms. The number of benzene rings is 1. The standard InChI is InChI=1S/C13H16BrNO2/c1-9(7-14)15-13(16)11-6-10-4-2-3-5-12(10)17-8-11/h2-5,9,11H,6-8H2,1H3,(H,15,16). The summed E-state index contributed by atoms with van der Waals surface area (Å²) in [5.41, 5.74) is 1.12. The maximum atomic E-state index is 12.0. The average Bonchev–Trinajstić information content (AvgIpc) is 2.38. The summed E-state index contributed by atoms with van der Waals surface area (Å²) in [6, 6.07) is 8.04. The van der Waals surface area contributed by atoms with Gasteiger partial charge in [-0.05, 0) is 25.0 Å². The molecule has 92 valence electrons. The average molecular weight is 298 g/mol. The summed E-state index contributed by atoms with van der Waals surface area (Å²) in [4.78, 5) is 12.0. The highest BCUT2D eigenvalue weighted by Gasteiger charge is 2.26. The molecule has 0 aliphatic carbocycles. The van der Waals surface area contributed by atoms with Crippen LogP contribution in [-0.4, -0.2) is 23.9 Å². The number of para-hydroxylation sites is 1. The van der Waals surface area contributed by atoms with E-state index in [1.54, 1.807) is 0 Å². The van der Waals surface area contributed by atoms with Crippen molar-refractivity contribution >= 4 is 21.8 Å². The van der Waals surface area contributed by atoms with Crippen molar-refractivity contribution in [1.82, 2.24) is 5.32 Å². The van der Waals surface area contributed by atoms with Crippen LogP contribution in [0.4, 0.5) is 0 Å². The van der Waals surface area contributed by atoms with Crippen molar-refractivity contribution in [2.75, 3.05) is 11.9 Å². The van der Waals surface area contributed by atoms with Crippen LogP contribution < -0.4 is 10.1 Å². The molecule has 0 bridgehead atoms. The quantitative estimate of drug-likeness (QED) is 0.868. The summed E-state index contributed by atoms with van der Waals surface area (Å²) in [5.74, 6) is 0.906. The molecule has 0 radical (unpaired) electrons. The Hall–Kier alpha value is -1.03. The lowest BCUT2D eigenvalue weighted by atomic mass is 9.96. The van der Waals surface area contributed by atoms with Gasteiger partial charge in [-0.1, -0.05) is 34.1 Å². The van der Waals surface area contributed by atoms with E-state index in [2.05, 4.69) is 21.2 Å². The summed E-state index contributed by atoms with van der Waals surface area (Å²) in [6.07, 6.45) is 0.761. The van der Waals surface area contributed by atoms with Gasteiger partial charge in [0.05, 0.1) is 5.92 Å². The van der Waals surface area contributed by atoms with Gasteiger partial charge >= 0.3 is 0 Å². The Morgan fingerprint density at radius 3 is 3.12 bits per heavy atom. The number of amides is 1. The van der Waals surface area contributed by atoms with Gasteiger partial charge in [0.1, 0.15) is 12.4 Å². The van der Waals surface area contributed by atoms with Gasteiger partial charge in [-0.2, -0.15) is 0 Å². The van der Waals surface area contributed by atoms with E-state index in [0.717, 1.165) is 23.1 Å². The maximum Gasteiger partial charge on any atom is 0.227 e. The third kappa shape index (κ3) is 3.00. The molecule has 1 aliphatic heterocycles. The summed E-state index contributed by atoms with van der Waals surface area (Å²) in [6.45, 7) is 2.45. The molecule has 3 nitrogen and oxygen atoms in total. The number of halogens is 1. The molecule has 1 amide bonds. The molecule has 1 N–H and O–H groups in total. The fourth-order valence-electron chi connectivity index (χ4n) is 1.90. The van der Waals surface area contributed by atoms with Crippen molar-refractivity contribution in [2.45, 2.75) is 19.4 Å². The van der Waals surface area contributed by atoms with Crippen molar-refractivity contribution in [3.8, 4) is 5.75 Å². The van der Waals surface area contributed by atoms with Crippen LogP contribution in [0, 0.1) is 5.92 Å². The molecule has 0 saturated carbocycles. The van der Waals surface area contributed by atoms with Gasteiger partial charge < -0.3 is 10.1 Å². The van der Waals surface area contributed by atoms with E-state index < -0.39 is 0 Å². The molecule has 2 atom stereocenters. The van der Waals surface area contributed by atoms with E-state index in [0.29, 0.717) is 6.61 Å². The number of rotatable bonds is 3. The lowest BCUT2D eigenvalue weighted by molar-refractivity contribution is -0.126. The van der Waals surface area contributed by atoms with Crippen molar-refractivity contribution in [3.63, 3.8) is 0 Å². The first kappa shape index (κ1) is 12.4. The van der Waals surface area contributed by atoms with Crippen LogP contribution in [0.5, 0.6) is 5.75 Å². The molecule has 4 heteroatoms. The molecular weight excluding hydrogens is 282 g/mol. The zero-order valence-corrected chi connectivity index (χ0v) is 11.4. The van der Waals surface area contributed by atoms with Crippen molar-refractivity contribution in [3.05, 3.63) is 29.8 Å². The Morgan fingerprint density at radius 2 is 2.35 bits per heavy atom. The molecule has 1 heterocycles.